The third kappa shape index (κ3) is 61.6. The summed E-state index contributed by atoms with van der Waals surface area (Å²) in [5.41, 5.74) is 21.0. The third-order valence-electron chi connectivity index (χ3n) is 22.2. The molecule has 2 N–H and O–H groups in total. The monoisotopic (exact) mass is 1920 g/mol. The minimum absolute atomic E-state index is 0.0151. The van der Waals surface area contributed by atoms with Crippen LogP contribution < -0.4 is 10.6 Å². The molecule has 754 valence electrons. The van der Waals surface area contributed by atoms with Gasteiger partial charge in [0.2, 0.25) is 11.8 Å². The third-order valence-corrected chi connectivity index (χ3v) is 25.3. The second-order valence-electron chi connectivity index (χ2n) is 41.0. The molecule has 0 aliphatic heterocycles. The van der Waals surface area contributed by atoms with E-state index in [0.717, 1.165) is 113 Å². The number of hydrogen-bond donors (Lipinski definition) is 2. The molecule has 0 bridgehead atoms. The highest BCUT2D eigenvalue weighted by molar-refractivity contribution is 7.90. The summed E-state index contributed by atoms with van der Waals surface area (Å²) >= 11 is 0. The van der Waals surface area contributed by atoms with Gasteiger partial charge in [-0.25, -0.2) is 8.42 Å². The van der Waals surface area contributed by atoms with Gasteiger partial charge in [0.05, 0.1) is 27.2 Å². The Hall–Kier alpha value is -10.5. The number of carbonyl (C=O) groups is 5. The van der Waals surface area contributed by atoms with Crippen LogP contribution in [0.25, 0.3) is 0 Å². The molecule has 0 heterocycles. The summed E-state index contributed by atoms with van der Waals surface area (Å²) in [7, 11) is -4.20. The minimum atomic E-state index is -3.25. The van der Waals surface area contributed by atoms with Crippen LogP contribution in [0.4, 0.5) is 0 Å². The molecule has 11 aromatic rings. The smallest absolute Gasteiger partial charge is 0.217 e. The zero-order valence-electron chi connectivity index (χ0n) is 89.7. The first-order chi connectivity index (χ1) is 66.1. The minimum Gasteiger partial charge on any atom is -0.356 e. The van der Waals surface area contributed by atoms with Crippen molar-refractivity contribution in [2.75, 3.05) is 6.54 Å². The van der Waals surface area contributed by atoms with Gasteiger partial charge in [0.15, 0.2) is 15.6 Å². The molecule has 0 radical (unpaired) electrons. The van der Waals surface area contributed by atoms with E-state index in [-0.39, 0.29) is 29.1 Å². The fourth-order valence-electron chi connectivity index (χ4n) is 15.1. The van der Waals surface area contributed by atoms with Crippen LogP contribution in [0.1, 0.15) is 304 Å². The lowest BCUT2D eigenvalue weighted by atomic mass is 9.99. The van der Waals surface area contributed by atoms with Crippen molar-refractivity contribution in [1.29, 1.82) is 0 Å². The van der Waals surface area contributed by atoms with Crippen LogP contribution in [0.2, 0.25) is 0 Å². The maximum absolute atomic E-state index is 12.3. The standard InChI is InChI=1S/C19H22O.C17H20O2S.C17H20OS.C16H26.C14H20O.C13H19NO.C12H16O.C11H16.C8H17NO/c1-15(2)12-17-8-10-18(11-9-17)14-19(20)13-16-6-4-3-5-7-16;1-14(2)12-15-8-10-16(11-9-15)13-20(18,19)17-6-4-3-5-7-17;1-14(2)12-15-8-10-16(11-9-15)13-19(18)17-6-4-3-5-7-17;1-4-5-6-7-8-15-9-11-16(12-10-15)13-14(2)3;1-4-14(15)10-13-7-5-12(6-8-13)9-11(2)3;1-10(2)8-12-4-6-13(7-5-12)9-14-11(3)15;1-9(2)8-11-4-6-12(7-5-11)10(3)13;1-9(2)8-11-6-4-10(3)5-7-11;1-7(2)5-4-6-9-8(3)10/h3-11,15H,12-14H2,1-2H3;3-11,14H,12-13H2,1-2H3;3-11,14H,12-13H2,1-2H3;9-12,14H,4-8,13H2,1-3H3;5-8,11H,4,9-10H2,1-3H3;4-7,10H,8-9H2,1-3H3,(H,14,15);4-7,9H,8H2,1-3H3;4-7,9H,8H2,1-3H3;7H,4-6H2,1-3H3,(H,9,10). The quantitative estimate of drug-likeness (QED) is 0.0283. The Morgan fingerprint density at radius 3 is 0.942 bits per heavy atom. The Labute approximate surface area is 846 Å². The number of nitrogens with one attached hydrogen (secondary N) is 2. The van der Waals surface area contributed by atoms with Crippen molar-refractivity contribution in [3.8, 4) is 0 Å². The molecule has 0 saturated heterocycles. The Balaban J connectivity index is 0.000000406. The summed E-state index contributed by atoms with van der Waals surface area (Å²) in [6, 6.07) is 95.7. The van der Waals surface area contributed by atoms with Gasteiger partial charge in [0.25, 0.3) is 0 Å². The summed E-state index contributed by atoms with van der Waals surface area (Å²) in [6.07, 6.45) is 20.2. The highest BCUT2D eigenvalue weighted by Crippen LogP contribution is 2.23. The van der Waals surface area contributed by atoms with Crippen molar-refractivity contribution in [1.82, 2.24) is 10.6 Å². The second kappa shape index (κ2) is 71.0. The van der Waals surface area contributed by atoms with Gasteiger partial charge in [0.1, 0.15) is 11.6 Å². The zero-order chi connectivity index (χ0) is 103. The van der Waals surface area contributed by atoms with Crippen LogP contribution in [0, 0.1) is 60.2 Å². The Kier molecular flexibility index (Phi) is 62.6. The fourth-order valence-corrected chi connectivity index (χ4v) is 17.6. The van der Waals surface area contributed by atoms with E-state index in [2.05, 4.69) is 295 Å². The van der Waals surface area contributed by atoms with Gasteiger partial charge < -0.3 is 10.6 Å². The zero-order valence-corrected chi connectivity index (χ0v) is 91.3. The Bertz CT molecular complexity index is 5240. The lowest BCUT2D eigenvalue weighted by Crippen LogP contribution is -2.21. The molecule has 0 saturated carbocycles. The van der Waals surface area contributed by atoms with Crippen molar-refractivity contribution < 1.29 is 36.6 Å². The number of rotatable bonds is 41. The first-order valence-electron chi connectivity index (χ1n) is 51.5. The topological polar surface area (TPSA) is 161 Å². The van der Waals surface area contributed by atoms with Crippen LogP contribution in [0.5, 0.6) is 0 Å². The van der Waals surface area contributed by atoms with E-state index in [0.29, 0.717) is 84.2 Å². The molecule has 1 atom stereocenters. The number of Topliss-reactive ketones (excluding diaryl/α,β-unsaturated/α-hetero) is 3. The van der Waals surface area contributed by atoms with Gasteiger partial charge in [-0.2, -0.15) is 0 Å². The van der Waals surface area contributed by atoms with Crippen LogP contribution in [0.3, 0.4) is 0 Å². The number of amides is 2. The highest BCUT2D eigenvalue weighted by atomic mass is 32.2. The summed E-state index contributed by atoms with van der Waals surface area (Å²) in [4.78, 5) is 56.6. The highest BCUT2D eigenvalue weighted by Gasteiger charge is 2.16. The van der Waals surface area contributed by atoms with Gasteiger partial charge in [0, 0.05) is 63.1 Å². The van der Waals surface area contributed by atoms with E-state index in [4.69, 9.17) is 0 Å². The number of carbonyl (C=O) groups excluding carboxylic acids is 5. The first-order valence-corrected chi connectivity index (χ1v) is 54.4. The number of sulfone groups is 1. The Morgan fingerprint density at radius 2 is 0.604 bits per heavy atom. The molecule has 10 nitrogen and oxygen atoms in total. The molecule has 2 amide bonds. The Morgan fingerprint density at radius 1 is 0.302 bits per heavy atom. The maximum Gasteiger partial charge on any atom is 0.217 e. The molecule has 11 rings (SSSR count). The van der Waals surface area contributed by atoms with Crippen molar-refractivity contribution >= 4 is 49.8 Å². The molecule has 0 fully saturated rings. The molecule has 139 heavy (non-hydrogen) atoms. The largest absolute Gasteiger partial charge is 0.356 e. The normalized spacial score (nSPS) is 11.0. The summed E-state index contributed by atoms with van der Waals surface area (Å²) < 4.78 is 36.7. The first kappa shape index (κ1) is 123. The fraction of sp³-hybridized carbons (Fsp3) is 0.441. The average Bonchev–Trinajstić information content (AvgIpc) is 0.830. The predicted octanol–water partition coefficient (Wildman–Crippen LogP) is 31.1. The molecule has 0 aliphatic rings. The van der Waals surface area contributed by atoms with Crippen molar-refractivity contribution in [3.63, 3.8) is 0 Å². The van der Waals surface area contributed by atoms with E-state index in [1.165, 1.54) is 114 Å². The van der Waals surface area contributed by atoms with E-state index >= 15 is 0 Å². The lowest BCUT2D eigenvalue weighted by Gasteiger charge is -2.07. The van der Waals surface area contributed by atoms with E-state index in [1.54, 1.807) is 38.1 Å². The second-order valence-corrected chi connectivity index (χ2v) is 44.4. The lowest BCUT2D eigenvalue weighted by molar-refractivity contribution is -0.119. The van der Waals surface area contributed by atoms with Gasteiger partial charge in [-0.1, -0.05) is 424 Å². The van der Waals surface area contributed by atoms with Gasteiger partial charge in [-0.05, 0) is 252 Å². The molecule has 0 aromatic heterocycles. The van der Waals surface area contributed by atoms with Crippen molar-refractivity contribution in [3.05, 3.63) is 380 Å². The number of ketones is 3. The number of aryl methyl sites for hydroxylation is 2. The van der Waals surface area contributed by atoms with Gasteiger partial charge in [-0.3, -0.25) is 28.2 Å². The van der Waals surface area contributed by atoms with E-state index in [1.807, 2.05) is 122 Å². The molecule has 12 heteroatoms. The van der Waals surface area contributed by atoms with Gasteiger partial charge >= 0.3 is 0 Å². The van der Waals surface area contributed by atoms with Crippen molar-refractivity contribution in [2.45, 2.75) is 316 Å². The number of benzene rings is 11. The molecular formula is C127H176N2O8S2. The summed E-state index contributed by atoms with van der Waals surface area (Å²) in [5.74, 6) is 7.70. The maximum atomic E-state index is 12.3. The molecule has 0 aliphatic carbocycles. The molecular weight excluding hydrogens is 1750 g/mol. The molecule has 1 unspecified atom stereocenters. The summed E-state index contributed by atoms with van der Waals surface area (Å²) in [5, 5.41) is 5.55. The summed E-state index contributed by atoms with van der Waals surface area (Å²) in [6.45, 7) is 52.3. The molecule has 11 aromatic carbocycles. The van der Waals surface area contributed by atoms with Crippen molar-refractivity contribution in [2.24, 2.45) is 53.3 Å². The number of hydrogen-bond acceptors (Lipinski definition) is 8. The van der Waals surface area contributed by atoms with E-state index in [9.17, 15) is 36.6 Å². The molecule has 0 spiro atoms. The average molecular weight is 1920 g/mol. The van der Waals surface area contributed by atoms with E-state index < -0.39 is 20.6 Å². The van der Waals surface area contributed by atoms with Crippen LogP contribution in [0.15, 0.2) is 295 Å². The number of unbranched alkanes of at least 4 members (excludes halogenated alkanes) is 3. The SMILES string of the molecule is CC(=O)NCCCC(C)C.CC(=O)NCc1ccc(CC(C)C)cc1.CC(=O)c1ccc(CC(C)C)cc1.CC(C)Cc1ccc(CC(=O)Cc2ccccc2)cc1.CC(C)Cc1ccc(CS(=O)(=O)c2ccccc2)cc1.CC(C)Cc1ccc(CS(=O)c2ccccc2)cc1.CCC(=O)Cc1ccc(CC(C)C)cc1.CCCCCCc1ccc(CC(C)C)cc1.Cc1ccc(CC(C)C)cc1. The predicted molar refractivity (Wildman–Crippen MR) is 594 cm³/mol. The van der Waals surface area contributed by atoms with Crippen LogP contribution in [-0.2, 0) is 135 Å². The van der Waals surface area contributed by atoms with Gasteiger partial charge in [-0.15, -0.1) is 0 Å². The van der Waals surface area contributed by atoms with Crippen LogP contribution in [-0.4, -0.2) is 48.3 Å². The van der Waals surface area contributed by atoms with Crippen LogP contribution >= 0.6 is 0 Å².